The second kappa shape index (κ2) is 10.6. The monoisotopic (exact) mass is 270 g/mol. The van der Waals surface area contributed by atoms with Gasteiger partial charge in [0.2, 0.25) is 0 Å². The molecule has 0 aromatic carbocycles. The quantitative estimate of drug-likeness (QED) is 0.426. The molecule has 0 heterocycles. The van der Waals surface area contributed by atoms with Gasteiger partial charge < -0.3 is 9.90 Å². The van der Waals surface area contributed by atoms with Crippen molar-refractivity contribution in [3.05, 3.63) is 0 Å². The summed E-state index contributed by atoms with van der Waals surface area (Å²) < 4.78 is 0. The number of hydrogen-bond donors (Lipinski definition) is 1. The van der Waals surface area contributed by atoms with Crippen LogP contribution in [0.15, 0.2) is 0 Å². The lowest BCUT2D eigenvalue weighted by Crippen LogP contribution is -2.13. The van der Waals surface area contributed by atoms with Crippen molar-refractivity contribution in [1.29, 1.82) is 0 Å². The Balaban J connectivity index is 3.92. The summed E-state index contributed by atoms with van der Waals surface area (Å²) in [7, 11) is 0. The molecule has 0 bridgehead atoms. The average Bonchev–Trinajstić information content (AvgIpc) is 2.39. The SMILES string of the molecule is CCC(=O)CC(=O)CCC(CO)CCC(=O)CC=O. The molecular formula is C14H22O5. The largest absolute Gasteiger partial charge is 0.396 e. The van der Waals surface area contributed by atoms with Gasteiger partial charge in [-0.05, 0) is 18.8 Å². The molecule has 0 rings (SSSR count). The van der Waals surface area contributed by atoms with Gasteiger partial charge in [0.15, 0.2) is 0 Å². The van der Waals surface area contributed by atoms with Crippen LogP contribution in [0.1, 0.15) is 51.9 Å². The molecule has 108 valence electrons. The van der Waals surface area contributed by atoms with Crippen LogP contribution in [0.4, 0.5) is 0 Å². The third-order valence-corrected chi connectivity index (χ3v) is 3.02. The fourth-order valence-corrected chi connectivity index (χ4v) is 1.69. The number of carbonyl (C=O) groups is 4. The van der Waals surface area contributed by atoms with E-state index in [-0.39, 0.29) is 55.6 Å². The normalized spacial score (nSPS) is 11.9. The van der Waals surface area contributed by atoms with Gasteiger partial charge in [0.25, 0.3) is 0 Å². The summed E-state index contributed by atoms with van der Waals surface area (Å²) >= 11 is 0. The van der Waals surface area contributed by atoms with E-state index in [9.17, 15) is 19.2 Å². The highest BCUT2D eigenvalue weighted by atomic mass is 16.3. The van der Waals surface area contributed by atoms with Gasteiger partial charge in [0, 0.05) is 25.9 Å². The van der Waals surface area contributed by atoms with E-state index in [0.29, 0.717) is 25.5 Å². The van der Waals surface area contributed by atoms with Gasteiger partial charge in [-0.25, -0.2) is 0 Å². The smallest absolute Gasteiger partial charge is 0.140 e. The molecule has 0 aliphatic carbocycles. The zero-order chi connectivity index (χ0) is 14.7. The Labute approximate surface area is 113 Å². The Morgan fingerprint density at radius 3 is 2.11 bits per heavy atom. The second-order valence-corrected chi connectivity index (χ2v) is 4.64. The highest BCUT2D eigenvalue weighted by Crippen LogP contribution is 2.15. The molecule has 5 heteroatoms. The van der Waals surface area contributed by atoms with E-state index in [1.807, 2.05) is 0 Å². The third-order valence-electron chi connectivity index (χ3n) is 3.02. The lowest BCUT2D eigenvalue weighted by molar-refractivity contribution is -0.127. The Morgan fingerprint density at radius 1 is 1.05 bits per heavy atom. The maximum atomic E-state index is 11.5. The maximum absolute atomic E-state index is 11.5. The predicted octanol–water partition coefficient (Wildman–Crippen LogP) is 1.25. The van der Waals surface area contributed by atoms with Crippen molar-refractivity contribution >= 4 is 23.6 Å². The van der Waals surface area contributed by atoms with Crippen LogP contribution in [-0.4, -0.2) is 35.3 Å². The zero-order valence-electron chi connectivity index (χ0n) is 11.4. The number of aliphatic hydroxyl groups is 1. The van der Waals surface area contributed by atoms with Gasteiger partial charge in [-0.1, -0.05) is 6.92 Å². The van der Waals surface area contributed by atoms with Gasteiger partial charge >= 0.3 is 0 Å². The highest BCUT2D eigenvalue weighted by molar-refractivity contribution is 5.98. The van der Waals surface area contributed by atoms with Crippen LogP contribution in [0, 0.1) is 5.92 Å². The number of rotatable bonds is 12. The molecule has 0 amide bonds. The number of ketones is 3. The van der Waals surface area contributed by atoms with Crippen molar-refractivity contribution in [2.24, 2.45) is 5.92 Å². The molecule has 1 atom stereocenters. The molecule has 0 radical (unpaired) electrons. The van der Waals surface area contributed by atoms with E-state index >= 15 is 0 Å². The van der Waals surface area contributed by atoms with Crippen molar-refractivity contribution in [3.63, 3.8) is 0 Å². The second-order valence-electron chi connectivity index (χ2n) is 4.64. The molecule has 0 aromatic rings. The Kier molecular flexibility index (Phi) is 9.80. The van der Waals surface area contributed by atoms with Crippen LogP contribution >= 0.6 is 0 Å². The molecule has 0 fully saturated rings. The van der Waals surface area contributed by atoms with E-state index in [1.54, 1.807) is 6.92 Å². The fourth-order valence-electron chi connectivity index (χ4n) is 1.69. The van der Waals surface area contributed by atoms with Crippen molar-refractivity contribution in [2.45, 2.75) is 51.9 Å². The highest BCUT2D eigenvalue weighted by Gasteiger charge is 2.14. The van der Waals surface area contributed by atoms with Gasteiger partial charge in [-0.15, -0.1) is 0 Å². The molecule has 1 N–H and O–H groups in total. The van der Waals surface area contributed by atoms with E-state index in [2.05, 4.69) is 0 Å². The first-order chi connectivity index (χ1) is 9.03. The number of carbonyl (C=O) groups excluding carboxylic acids is 4. The topological polar surface area (TPSA) is 88.5 Å². The van der Waals surface area contributed by atoms with Crippen molar-refractivity contribution in [2.75, 3.05) is 6.61 Å². The van der Waals surface area contributed by atoms with Crippen LogP contribution in [0.3, 0.4) is 0 Å². The van der Waals surface area contributed by atoms with Gasteiger partial charge in [0.05, 0.1) is 12.8 Å². The lowest BCUT2D eigenvalue weighted by atomic mass is 9.94. The number of aliphatic hydroxyl groups excluding tert-OH is 1. The minimum absolute atomic E-state index is 0.0429. The molecule has 5 nitrogen and oxygen atoms in total. The minimum atomic E-state index is -0.152. The van der Waals surface area contributed by atoms with Crippen molar-refractivity contribution < 1.29 is 24.3 Å². The molecule has 0 aromatic heterocycles. The van der Waals surface area contributed by atoms with Gasteiger partial charge in [-0.3, -0.25) is 14.4 Å². The average molecular weight is 270 g/mol. The molecule has 1 unspecified atom stereocenters. The summed E-state index contributed by atoms with van der Waals surface area (Å²) in [4.78, 5) is 43.8. The van der Waals surface area contributed by atoms with Gasteiger partial charge in [0.1, 0.15) is 23.6 Å². The van der Waals surface area contributed by atoms with Crippen LogP contribution < -0.4 is 0 Å². The van der Waals surface area contributed by atoms with Crippen LogP contribution in [0.2, 0.25) is 0 Å². The molecule has 0 saturated heterocycles. The Bertz CT molecular complexity index is 322. The summed E-state index contributed by atoms with van der Waals surface area (Å²) in [5.41, 5.74) is 0. The standard InChI is InChI=1S/C14H22O5/c1-2-12(17)9-14(19)6-4-11(10-16)3-5-13(18)7-8-15/h8,11,16H,2-7,9-10H2,1H3. The van der Waals surface area contributed by atoms with E-state index in [0.717, 1.165) is 0 Å². The third kappa shape index (κ3) is 9.25. The first kappa shape index (κ1) is 17.6. The molecule has 0 saturated carbocycles. The zero-order valence-corrected chi connectivity index (χ0v) is 11.4. The molecule has 0 aliphatic heterocycles. The molecule has 0 aliphatic rings. The van der Waals surface area contributed by atoms with Gasteiger partial charge in [-0.2, -0.15) is 0 Å². The predicted molar refractivity (Wildman–Crippen MR) is 69.7 cm³/mol. The summed E-state index contributed by atoms with van der Waals surface area (Å²) in [6, 6.07) is 0. The van der Waals surface area contributed by atoms with E-state index < -0.39 is 0 Å². The number of aldehydes is 1. The summed E-state index contributed by atoms with van der Waals surface area (Å²) in [6.07, 6.45) is 2.22. The molecular weight excluding hydrogens is 248 g/mol. The number of Topliss-reactive ketones (excluding diaryl/α,β-unsaturated/α-hetero) is 3. The maximum Gasteiger partial charge on any atom is 0.140 e. The van der Waals surface area contributed by atoms with E-state index in [4.69, 9.17) is 5.11 Å². The van der Waals surface area contributed by atoms with Crippen molar-refractivity contribution in [1.82, 2.24) is 0 Å². The lowest BCUT2D eigenvalue weighted by Gasteiger charge is -2.12. The van der Waals surface area contributed by atoms with Crippen molar-refractivity contribution in [3.8, 4) is 0 Å². The van der Waals surface area contributed by atoms with Crippen LogP contribution in [-0.2, 0) is 19.2 Å². The summed E-state index contributed by atoms with van der Waals surface area (Å²) in [6.45, 7) is 1.62. The summed E-state index contributed by atoms with van der Waals surface area (Å²) in [5.74, 6) is -0.478. The Morgan fingerprint density at radius 2 is 1.63 bits per heavy atom. The van der Waals surface area contributed by atoms with Crippen LogP contribution in [0.25, 0.3) is 0 Å². The van der Waals surface area contributed by atoms with Crippen LogP contribution in [0.5, 0.6) is 0 Å². The minimum Gasteiger partial charge on any atom is -0.396 e. The van der Waals surface area contributed by atoms with E-state index in [1.165, 1.54) is 0 Å². The first-order valence-corrected chi connectivity index (χ1v) is 6.63. The number of hydrogen-bond acceptors (Lipinski definition) is 5. The fraction of sp³-hybridized carbons (Fsp3) is 0.714. The molecule has 19 heavy (non-hydrogen) atoms. The Hall–Kier alpha value is -1.36. The first-order valence-electron chi connectivity index (χ1n) is 6.63. The molecule has 0 spiro atoms. The summed E-state index contributed by atoms with van der Waals surface area (Å²) in [5, 5.41) is 9.15.